The standard InChI is InChI=1S/C11H12ClN5O2/c1-3-7(18)4-6(8(4)19-3)17-2-14-5-9(13)15-11(12)16-10(5)17/h2-4,6-8,18H,1H3,(H2,13,15,16). The number of aromatic nitrogens is 4. The molecule has 5 unspecified atom stereocenters. The fourth-order valence-electron chi connectivity index (χ4n) is 2.97. The first kappa shape index (κ1) is 11.4. The van der Waals surface area contributed by atoms with E-state index in [4.69, 9.17) is 22.1 Å². The van der Waals surface area contributed by atoms with Gasteiger partial charge in [-0.2, -0.15) is 9.97 Å². The minimum Gasteiger partial charge on any atom is -0.390 e. The van der Waals surface area contributed by atoms with Gasteiger partial charge in [0.2, 0.25) is 5.28 Å². The lowest BCUT2D eigenvalue weighted by Gasteiger charge is -2.15. The van der Waals surface area contributed by atoms with Gasteiger partial charge in [0.05, 0.1) is 30.7 Å². The quantitative estimate of drug-likeness (QED) is 0.733. The van der Waals surface area contributed by atoms with Gasteiger partial charge in [0.1, 0.15) is 5.52 Å². The first-order chi connectivity index (χ1) is 9.08. The number of aliphatic hydroxyl groups is 1. The van der Waals surface area contributed by atoms with E-state index in [1.165, 1.54) is 0 Å². The number of aliphatic hydroxyl groups excluding tert-OH is 1. The number of fused-ring (bicyclic) bond motifs is 2. The van der Waals surface area contributed by atoms with Crippen LogP contribution in [0.5, 0.6) is 0 Å². The SMILES string of the molecule is CC1OC2C(C1O)C2n1cnc2c(N)nc(Cl)nc21. The summed E-state index contributed by atoms with van der Waals surface area (Å²) in [6.07, 6.45) is 1.08. The summed E-state index contributed by atoms with van der Waals surface area (Å²) in [4.78, 5) is 12.2. The van der Waals surface area contributed by atoms with Gasteiger partial charge < -0.3 is 20.1 Å². The zero-order valence-corrected chi connectivity index (χ0v) is 10.8. The normalized spacial score (nSPS) is 36.7. The number of imidazole rings is 1. The van der Waals surface area contributed by atoms with Gasteiger partial charge >= 0.3 is 0 Å². The Balaban J connectivity index is 1.78. The molecule has 0 aromatic carbocycles. The third-order valence-electron chi connectivity index (χ3n) is 3.96. The first-order valence-electron chi connectivity index (χ1n) is 6.07. The van der Waals surface area contributed by atoms with Crippen molar-refractivity contribution in [2.45, 2.75) is 31.3 Å². The van der Waals surface area contributed by atoms with Gasteiger partial charge in [-0.05, 0) is 18.5 Å². The Kier molecular flexibility index (Phi) is 2.13. The molecular formula is C11H12ClN5O2. The van der Waals surface area contributed by atoms with E-state index in [0.717, 1.165) is 0 Å². The van der Waals surface area contributed by atoms with Crippen molar-refractivity contribution in [3.8, 4) is 0 Å². The molecule has 2 aromatic heterocycles. The van der Waals surface area contributed by atoms with Gasteiger partial charge in [0, 0.05) is 5.92 Å². The highest BCUT2D eigenvalue weighted by Gasteiger charge is 2.63. The van der Waals surface area contributed by atoms with Gasteiger partial charge in [-0.1, -0.05) is 0 Å². The van der Waals surface area contributed by atoms with E-state index >= 15 is 0 Å². The van der Waals surface area contributed by atoms with E-state index in [1.54, 1.807) is 6.33 Å². The van der Waals surface area contributed by atoms with E-state index in [2.05, 4.69) is 15.0 Å². The third-order valence-corrected chi connectivity index (χ3v) is 4.13. The largest absolute Gasteiger partial charge is 0.390 e. The Labute approximate surface area is 113 Å². The average Bonchev–Trinajstić information content (AvgIpc) is 2.72. The van der Waals surface area contributed by atoms with E-state index in [0.29, 0.717) is 11.2 Å². The molecule has 2 aromatic rings. The number of halogens is 1. The van der Waals surface area contributed by atoms with Crippen molar-refractivity contribution < 1.29 is 9.84 Å². The number of ether oxygens (including phenoxy) is 1. The monoisotopic (exact) mass is 281 g/mol. The summed E-state index contributed by atoms with van der Waals surface area (Å²) in [5.41, 5.74) is 6.87. The van der Waals surface area contributed by atoms with Crippen LogP contribution in [0.15, 0.2) is 6.33 Å². The van der Waals surface area contributed by atoms with E-state index in [-0.39, 0.29) is 35.3 Å². The fraction of sp³-hybridized carbons (Fsp3) is 0.545. The summed E-state index contributed by atoms with van der Waals surface area (Å²) in [7, 11) is 0. The van der Waals surface area contributed by atoms with Crippen LogP contribution in [0.3, 0.4) is 0 Å². The van der Waals surface area contributed by atoms with Crippen LogP contribution in [0, 0.1) is 5.92 Å². The molecule has 0 bridgehead atoms. The summed E-state index contributed by atoms with van der Waals surface area (Å²) in [5.74, 6) is 0.344. The molecule has 7 nitrogen and oxygen atoms in total. The number of nitrogen functional groups attached to an aromatic ring is 1. The van der Waals surface area contributed by atoms with E-state index in [1.807, 2.05) is 11.5 Å². The smallest absolute Gasteiger partial charge is 0.226 e. The molecule has 19 heavy (non-hydrogen) atoms. The van der Waals surface area contributed by atoms with Crippen molar-refractivity contribution >= 4 is 28.6 Å². The highest BCUT2D eigenvalue weighted by atomic mass is 35.5. The topological polar surface area (TPSA) is 99.1 Å². The fourth-order valence-corrected chi connectivity index (χ4v) is 3.14. The maximum absolute atomic E-state index is 10.0. The molecular weight excluding hydrogens is 270 g/mol. The number of hydrogen-bond acceptors (Lipinski definition) is 6. The van der Waals surface area contributed by atoms with Gasteiger partial charge in [-0.3, -0.25) is 0 Å². The summed E-state index contributed by atoms with van der Waals surface area (Å²) in [6, 6.07) is 0.0431. The molecule has 100 valence electrons. The second-order valence-corrected chi connectivity index (χ2v) is 5.40. The number of rotatable bonds is 1. The summed E-state index contributed by atoms with van der Waals surface area (Å²) in [5, 5.41) is 10.1. The molecule has 1 aliphatic heterocycles. The third kappa shape index (κ3) is 1.43. The predicted octanol–water partition coefficient (Wildman–Crippen LogP) is 0.381. The molecule has 0 radical (unpaired) electrons. The van der Waals surface area contributed by atoms with Gasteiger partial charge in [-0.25, -0.2) is 4.98 Å². The molecule has 2 fully saturated rings. The predicted molar refractivity (Wildman–Crippen MR) is 67.6 cm³/mol. The van der Waals surface area contributed by atoms with Crippen LogP contribution >= 0.6 is 11.6 Å². The maximum Gasteiger partial charge on any atom is 0.226 e. The van der Waals surface area contributed by atoms with Crippen molar-refractivity contribution in [3.63, 3.8) is 0 Å². The Morgan fingerprint density at radius 3 is 2.95 bits per heavy atom. The summed E-state index contributed by atoms with van der Waals surface area (Å²) in [6.45, 7) is 1.87. The lowest BCUT2D eigenvalue weighted by molar-refractivity contribution is 0.00430. The summed E-state index contributed by atoms with van der Waals surface area (Å²) >= 11 is 5.83. The molecule has 8 heteroatoms. The van der Waals surface area contributed by atoms with Crippen LogP contribution in [0.1, 0.15) is 13.0 Å². The minimum absolute atomic E-state index is 0.0114. The van der Waals surface area contributed by atoms with Crippen LogP contribution in [0.4, 0.5) is 5.82 Å². The van der Waals surface area contributed by atoms with E-state index in [9.17, 15) is 5.11 Å². The zero-order valence-electron chi connectivity index (χ0n) is 10.1. The Hall–Kier alpha value is -1.44. The Morgan fingerprint density at radius 2 is 2.26 bits per heavy atom. The van der Waals surface area contributed by atoms with Crippen molar-refractivity contribution in [1.29, 1.82) is 0 Å². The lowest BCUT2D eigenvalue weighted by Crippen LogP contribution is -2.24. The number of nitrogens with two attached hydrogens (primary N) is 1. The van der Waals surface area contributed by atoms with Gasteiger partial charge in [0.25, 0.3) is 0 Å². The molecule has 3 N–H and O–H groups in total. The molecule has 4 rings (SSSR count). The van der Waals surface area contributed by atoms with Crippen molar-refractivity contribution in [1.82, 2.24) is 19.5 Å². The second kappa shape index (κ2) is 3.56. The maximum atomic E-state index is 10.0. The van der Waals surface area contributed by atoms with Crippen LogP contribution in [-0.2, 0) is 4.74 Å². The van der Waals surface area contributed by atoms with Crippen LogP contribution in [0.25, 0.3) is 11.2 Å². The molecule has 1 saturated carbocycles. The summed E-state index contributed by atoms with van der Waals surface area (Å²) < 4.78 is 7.55. The highest BCUT2D eigenvalue weighted by molar-refractivity contribution is 6.28. The molecule has 5 atom stereocenters. The van der Waals surface area contributed by atoms with Crippen molar-refractivity contribution in [2.24, 2.45) is 5.92 Å². The molecule has 0 amide bonds. The number of nitrogens with zero attached hydrogens (tertiary/aromatic N) is 4. The van der Waals surface area contributed by atoms with Crippen LogP contribution < -0.4 is 5.73 Å². The molecule has 2 aliphatic rings. The Bertz CT molecular complexity index is 674. The highest BCUT2D eigenvalue weighted by Crippen LogP contribution is 2.55. The van der Waals surface area contributed by atoms with Crippen molar-refractivity contribution in [3.05, 3.63) is 11.6 Å². The molecule has 3 heterocycles. The van der Waals surface area contributed by atoms with Gasteiger partial charge in [0.15, 0.2) is 11.5 Å². The molecule has 1 aliphatic carbocycles. The van der Waals surface area contributed by atoms with E-state index < -0.39 is 6.10 Å². The molecule has 1 saturated heterocycles. The zero-order chi connectivity index (χ0) is 13.3. The molecule has 0 spiro atoms. The van der Waals surface area contributed by atoms with Gasteiger partial charge in [-0.15, -0.1) is 0 Å². The van der Waals surface area contributed by atoms with Crippen molar-refractivity contribution in [2.75, 3.05) is 5.73 Å². The first-order valence-corrected chi connectivity index (χ1v) is 6.45. The van der Waals surface area contributed by atoms with Crippen LogP contribution in [0.2, 0.25) is 5.28 Å². The second-order valence-electron chi connectivity index (χ2n) is 5.07. The Morgan fingerprint density at radius 1 is 1.47 bits per heavy atom. The number of hydrogen-bond donors (Lipinski definition) is 2. The minimum atomic E-state index is -0.456. The average molecular weight is 282 g/mol. The lowest BCUT2D eigenvalue weighted by atomic mass is 10.1. The van der Waals surface area contributed by atoms with Crippen LogP contribution in [-0.4, -0.2) is 42.9 Å². The number of anilines is 1.